The maximum Gasteiger partial charge on any atom is 0.270 e. The van der Waals surface area contributed by atoms with E-state index in [1.54, 1.807) is 6.07 Å². The summed E-state index contributed by atoms with van der Waals surface area (Å²) in [6.45, 7) is 5.08. The fourth-order valence-electron chi connectivity index (χ4n) is 4.36. The van der Waals surface area contributed by atoms with Crippen LogP contribution in [0.15, 0.2) is 60.7 Å². The Kier molecular flexibility index (Phi) is 6.66. The van der Waals surface area contributed by atoms with E-state index in [1.807, 2.05) is 30.3 Å². The average molecular weight is 453 g/mol. The second-order valence-electron chi connectivity index (χ2n) is 9.11. The van der Waals surface area contributed by atoms with E-state index in [4.69, 9.17) is 4.74 Å². The molecule has 0 unspecified atom stereocenters. The highest BCUT2D eigenvalue weighted by atomic mass is 19.3. The van der Waals surface area contributed by atoms with Crippen LogP contribution < -0.4 is 10.1 Å². The van der Waals surface area contributed by atoms with E-state index in [-0.39, 0.29) is 17.5 Å². The normalized spacial score (nSPS) is 16.5. The molecule has 0 aliphatic carbocycles. The molecule has 1 aliphatic heterocycles. The molecule has 0 aromatic heterocycles. The molecule has 4 rings (SSSR count). The number of likely N-dealkylation sites (tertiary alicyclic amines) is 1. The molecule has 174 valence electrons. The van der Waals surface area contributed by atoms with Gasteiger partial charge in [-0.3, -0.25) is 4.79 Å². The topological polar surface area (TPSA) is 41.6 Å². The molecule has 0 spiro atoms. The van der Waals surface area contributed by atoms with Gasteiger partial charge in [0, 0.05) is 29.5 Å². The number of nitrogens with one attached hydrogen (secondary N) is 1. The Bertz CT molecular complexity index is 1120. The third-order valence-electron chi connectivity index (χ3n) is 6.52. The first-order chi connectivity index (χ1) is 15.7. The molecule has 0 radical (unpaired) electrons. The summed E-state index contributed by atoms with van der Waals surface area (Å²) >= 11 is 0. The molecule has 4 nitrogen and oxygen atoms in total. The average Bonchev–Trinajstić information content (AvgIpc) is 2.79. The number of carbonyl (C=O) groups excluding carboxylic acids is 1. The maximum absolute atomic E-state index is 13.4. The zero-order valence-electron chi connectivity index (χ0n) is 19.3. The molecule has 1 aliphatic rings. The zero-order chi connectivity index (χ0) is 23.6. The van der Waals surface area contributed by atoms with E-state index in [2.05, 4.69) is 24.2 Å². The standard InChI is InChI=1S/C27H30F2N2O2/c1-18(19-13-15-31(3)16-14-19)30-26(32)21-7-12-24-20(17-21)5-4-6-25(24)33-23-10-8-22(9-11-23)27(2,28)29/h4-12,17-19H,13-16H2,1-3H3,(H,30,32)/t18-/m1/s1. The van der Waals surface area contributed by atoms with Crippen LogP contribution in [0.25, 0.3) is 10.8 Å². The van der Waals surface area contributed by atoms with Crippen molar-refractivity contribution in [1.29, 1.82) is 0 Å². The van der Waals surface area contributed by atoms with Crippen molar-refractivity contribution in [3.8, 4) is 11.5 Å². The number of nitrogens with zero attached hydrogens (tertiary/aromatic N) is 1. The maximum atomic E-state index is 13.4. The third kappa shape index (κ3) is 5.50. The Hall–Kier alpha value is -2.99. The van der Waals surface area contributed by atoms with Crippen molar-refractivity contribution < 1.29 is 18.3 Å². The van der Waals surface area contributed by atoms with Gasteiger partial charge in [0.2, 0.25) is 0 Å². The molecular weight excluding hydrogens is 422 g/mol. The summed E-state index contributed by atoms with van der Waals surface area (Å²) in [5.41, 5.74) is 0.548. The first-order valence-corrected chi connectivity index (χ1v) is 11.4. The lowest BCUT2D eigenvalue weighted by molar-refractivity contribution is 0.0174. The quantitative estimate of drug-likeness (QED) is 0.484. The minimum Gasteiger partial charge on any atom is -0.457 e. The molecule has 0 saturated carbocycles. The fraction of sp³-hybridized carbons (Fsp3) is 0.370. The summed E-state index contributed by atoms with van der Waals surface area (Å²) in [6, 6.07) is 17.1. The van der Waals surface area contributed by atoms with Crippen LogP contribution in [0.5, 0.6) is 11.5 Å². The van der Waals surface area contributed by atoms with Gasteiger partial charge in [0.15, 0.2) is 0 Å². The SMILES string of the molecule is C[C@@H](NC(=O)c1ccc2c(Oc3ccc(C(C)(F)F)cc3)cccc2c1)C1CCN(C)CC1. The number of carbonyl (C=O) groups is 1. The summed E-state index contributed by atoms with van der Waals surface area (Å²) < 4.78 is 32.9. The molecule has 0 bridgehead atoms. The van der Waals surface area contributed by atoms with Gasteiger partial charge in [-0.15, -0.1) is 0 Å². The highest BCUT2D eigenvalue weighted by Crippen LogP contribution is 2.33. The van der Waals surface area contributed by atoms with Crippen molar-refractivity contribution in [2.75, 3.05) is 20.1 Å². The molecule has 1 amide bonds. The van der Waals surface area contributed by atoms with Crippen LogP contribution in [0.1, 0.15) is 42.6 Å². The molecule has 3 aromatic rings. The summed E-state index contributed by atoms with van der Waals surface area (Å²) in [6.07, 6.45) is 2.18. The number of hydrogen-bond donors (Lipinski definition) is 1. The molecular formula is C27H30F2N2O2. The Balaban J connectivity index is 1.48. The van der Waals surface area contributed by atoms with E-state index in [1.165, 1.54) is 24.3 Å². The molecule has 3 aromatic carbocycles. The number of benzene rings is 3. The Morgan fingerprint density at radius 3 is 2.45 bits per heavy atom. The minimum atomic E-state index is -2.89. The number of halogens is 2. The van der Waals surface area contributed by atoms with Gasteiger partial charge in [0.05, 0.1) is 0 Å². The van der Waals surface area contributed by atoms with Crippen molar-refractivity contribution in [2.45, 2.75) is 38.7 Å². The lowest BCUT2D eigenvalue weighted by Crippen LogP contribution is -2.43. The van der Waals surface area contributed by atoms with Gasteiger partial charge in [-0.1, -0.05) is 12.1 Å². The molecule has 1 heterocycles. The first-order valence-electron chi connectivity index (χ1n) is 11.4. The van der Waals surface area contributed by atoms with Crippen molar-refractivity contribution >= 4 is 16.7 Å². The van der Waals surface area contributed by atoms with E-state index >= 15 is 0 Å². The Labute approximate surface area is 193 Å². The van der Waals surface area contributed by atoms with E-state index < -0.39 is 5.92 Å². The smallest absolute Gasteiger partial charge is 0.270 e. The van der Waals surface area contributed by atoms with Gasteiger partial charge in [-0.25, -0.2) is 8.78 Å². The summed E-state index contributed by atoms with van der Waals surface area (Å²) in [5, 5.41) is 4.90. The van der Waals surface area contributed by atoms with Crippen LogP contribution >= 0.6 is 0 Å². The van der Waals surface area contributed by atoms with Crippen LogP contribution in [0, 0.1) is 5.92 Å². The van der Waals surface area contributed by atoms with E-state index in [0.29, 0.717) is 23.0 Å². The van der Waals surface area contributed by atoms with Gasteiger partial charge in [-0.05, 0) is 99.7 Å². The molecule has 1 N–H and O–H groups in total. The second-order valence-corrected chi connectivity index (χ2v) is 9.11. The Morgan fingerprint density at radius 2 is 1.79 bits per heavy atom. The van der Waals surface area contributed by atoms with E-state index in [0.717, 1.165) is 43.6 Å². The number of fused-ring (bicyclic) bond motifs is 1. The zero-order valence-corrected chi connectivity index (χ0v) is 19.3. The van der Waals surface area contributed by atoms with Gasteiger partial charge in [0.25, 0.3) is 11.8 Å². The highest BCUT2D eigenvalue weighted by Gasteiger charge is 2.25. The Morgan fingerprint density at radius 1 is 1.09 bits per heavy atom. The van der Waals surface area contributed by atoms with Crippen LogP contribution in [0.2, 0.25) is 0 Å². The van der Waals surface area contributed by atoms with Crippen molar-refractivity contribution in [1.82, 2.24) is 10.2 Å². The highest BCUT2D eigenvalue weighted by molar-refractivity contribution is 6.00. The first kappa shape index (κ1) is 23.2. The van der Waals surface area contributed by atoms with Crippen LogP contribution in [0.3, 0.4) is 0 Å². The lowest BCUT2D eigenvalue weighted by atomic mass is 9.90. The third-order valence-corrected chi connectivity index (χ3v) is 6.52. The molecule has 6 heteroatoms. The minimum absolute atomic E-state index is 0.0575. The second kappa shape index (κ2) is 9.48. The molecule has 1 atom stereocenters. The van der Waals surface area contributed by atoms with Gasteiger partial charge < -0.3 is 15.0 Å². The number of ether oxygens (including phenoxy) is 1. The predicted octanol–water partition coefficient (Wildman–Crippen LogP) is 6.20. The number of amides is 1. The monoisotopic (exact) mass is 452 g/mol. The summed E-state index contributed by atoms with van der Waals surface area (Å²) in [4.78, 5) is 15.2. The van der Waals surface area contributed by atoms with E-state index in [9.17, 15) is 13.6 Å². The van der Waals surface area contributed by atoms with Crippen LogP contribution in [0.4, 0.5) is 8.78 Å². The van der Waals surface area contributed by atoms with Gasteiger partial charge in [-0.2, -0.15) is 0 Å². The summed E-state index contributed by atoms with van der Waals surface area (Å²) in [5.74, 6) is -1.39. The number of alkyl halides is 2. The van der Waals surface area contributed by atoms with Crippen LogP contribution in [-0.4, -0.2) is 37.0 Å². The predicted molar refractivity (Wildman–Crippen MR) is 127 cm³/mol. The number of hydrogen-bond acceptors (Lipinski definition) is 3. The van der Waals surface area contributed by atoms with Crippen molar-refractivity contribution in [3.05, 3.63) is 71.8 Å². The van der Waals surface area contributed by atoms with Gasteiger partial charge >= 0.3 is 0 Å². The lowest BCUT2D eigenvalue weighted by Gasteiger charge is -2.33. The molecule has 1 saturated heterocycles. The molecule has 33 heavy (non-hydrogen) atoms. The number of rotatable bonds is 6. The fourth-order valence-corrected chi connectivity index (χ4v) is 4.36. The molecule has 1 fully saturated rings. The van der Waals surface area contributed by atoms with Crippen molar-refractivity contribution in [3.63, 3.8) is 0 Å². The number of piperidine rings is 1. The largest absolute Gasteiger partial charge is 0.457 e. The van der Waals surface area contributed by atoms with Crippen molar-refractivity contribution in [2.24, 2.45) is 5.92 Å². The van der Waals surface area contributed by atoms with Crippen LogP contribution in [-0.2, 0) is 5.92 Å². The summed E-state index contributed by atoms with van der Waals surface area (Å²) in [7, 11) is 2.13. The van der Waals surface area contributed by atoms with Gasteiger partial charge in [0.1, 0.15) is 11.5 Å².